The van der Waals surface area contributed by atoms with Gasteiger partial charge in [0.1, 0.15) is 5.65 Å². The molecule has 154 valence electrons. The fourth-order valence-electron chi connectivity index (χ4n) is 3.54. The van der Waals surface area contributed by atoms with Gasteiger partial charge in [-0.05, 0) is 37.0 Å². The molecule has 0 saturated heterocycles. The van der Waals surface area contributed by atoms with Crippen LogP contribution in [0.2, 0.25) is 0 Å². The maximum Gasteiger partial charge on any atom is 0.339 e. The number of nitrogens with zero attached hydrogens (tertiary/aromatic N) is 3. The molecule has 7 heteroatoms. The Morgan fingerprint density at radius 1 is 1.27 bits per heavy atom. The van der Waals surface area contributed by atoms with E-state index in [9.17, 15) is 14.4 Å². The molecule has 2 heterocycles. The fourth-order valence-corrected chi connectivity index (χ4v) is 3.54. The number of esters is 1. The smallest absolute Gasteiger partial charge is 0.339 e. The van der Waals surface area contributed by atoms with Gasteiger partial charge in [0.15, 0.2) is 0 Å². The molecule has 0 bridgehead atoms. The van der Waals surface area contributed by atoms with Gasteiger partial charge in [-0.3, -0.25) is 13.9 Å². The lowest BCUT2D eigenvalue weighted by molar-refractivity contribution is 0.0528. The van der Waals surface area contributed by atoms with Crippen LogP contribution < -0.4 is 11.2 Å². The van der Waals surface area contributed by atoms with E-state index in [2.05, 4.69) is 11.6 Å². The molecule has 1 aliphatic carbocycles. The van der Waals surface area contributed by atoms with Crippen LogP contribution in [0.1, 0.15) is 52.9 Å². The molecule has 0 atom stereocenters. The molecule has 0 N–H and O–H groups in total. The van der Waals surface area contributed by atoms with E-state index in [1.807, 2.05) is 24.3 Å². The van der Waals surface area contributed by atoms with Gasteiger partial charge in [0.25, 0.3) is 5.56 Å². The van der Waals surface area contributed by atoms with Crippen molar-refractivity contribution in [2.75, 3.05) is 6.61 Å². The topological polar surface area (TPSA) is 83.2 Å². The molecular weight excluding hydrogens is 382 g/mol. The van der Waals surface area contributed by atoms with Gasteiger partial charge in [-0.15, -0.1) is 0 Å². The lowest BCUT2D eigenvalue weighted by Crippen LogP contribution is -2.40. The normalized spacial score (nSPS) is 13.4. The van der Waals surface area contributed by atoms with Crippen LogP contribution in [0.5, 0.6) is 0 Å². The molecule has 7 nitrogen and oxygen atoms in total. The van der Waals surface area contributed by atoms with Crippen LogP contribution in [0.4, 0.5) is 0 Å². The van der Waals surface area contributed by atoms with Gasteiger partial charge in [-0.25, -0.2) is 14.6 Å². The predicted octanol–water partition coefficient (Wildman–Crippen LogP) is 2.84. The van der Waals surface area contributed by atoms with E-state index in [4.69, 9.17) is 4.74 Å². The molecule has 0 spiro atoms. The Kier molecular flexibility index (Phi) is 5.11. The van der Waals surface area contributed by atoms with Gasteiger partial charge in [-0.1, -0.05) is 36.9 Å². The largest absolute Gasteiger partial charge is 0.462 e. The van der Waals surface area contributed by atoms with Gasteiger partial charge < -0.3 is 4.74 Å². The highest BCUT2D eigenvalue weighted by Crippen LogP contribution is 2.39. The average molecular weight is 405 g/mol. The Bertz CT molecular complexity index is 1260. The molecule has 4 rings (SSSR count). The summed E-state index contributed by atoms with van der Waals surface area (Å²) in [4.78, 5) is 43.5. The van der Waals surface area contributed by atoms with E-state index in [-0.39, 0.29) is 35.7 Å². The zero-order valence-corrected chi connectivity index (χ0v) is 17.1. The first-order valence-electron chi connectivity index (χ1n) is 9.97. The summed E-state index contributed by atoms with van der Waals surface area (Å²) in [5, 5.41) is 0.114. The van der Waals surface area contributed by atoms with Crippen molar-refractivity contribution in [1.82, 2.24) is 14.1 Å². The SMILES string of the molecule is C=Cc1ccc(Cn2c(=O)c3c(C(=O)OCC)cc(C4CC4)nc3n(C)c2=O)cc1. The number of pyridine rings is 1. The molecule has 1 saturated carbocycles. The highest BCUT2D eigenvalue weighted by Gasteiger charge is 2.29. The third-order valence-corrected chi connectivity index (χ3v) is 5.36. The first kappa shape index (κ1) is 19.8. The number of hydrogen-bond acceptors (Lipinski definition) is 5. The lowest BCUT2D eigenvalue weighted by Gasteiger charge is -2.14. The quantitative estimate of drug-likeness (QED) is 0.589. The van der Waals surface area contributed by atoms with Crippen molar-refractivity contribution in [2.24, 2.45) is 7.05 Å². The molecule has 30 heavy (non-hydrogen) atoms. The Labute approximate surface area is 173 Å². The zero-order chi connectivity index (χ0) is 21.4. The van der Waals surface area contributed by atoms with Crippen LogP contribution in [-0.4, -0.2) is 26.7 Å². The van der Waals surface area contributed by atoms with E-state index >= 15 is 0 Å². The van der Waals surface area contributed by atoms with E-state index in [0.717, 1.165) is 34.2 Å². The molecule has 2 aromatic heterocycles. The Balaban J connectivity index is 1.94. The number of aryl methyl sites for hydroxylation is 1. The number of ether oxygens (including phenoxy) is 1. The standard InChI is InChI=1S/C23H23N3O4/c1-4-14-6-8-15(9-7-14)13-26-21(27)19-17(22(28)30-5-2)12-18(16-10-11-16)24-20(19)25(3)23(26)29/h4,6-9,12,16H,1,5,10-11,13H2,2-3H3. The number of aromatic nitrogens is 3. The molecule has 0 amide bonds. The highest BCUT2D eigenvalue weighted by atomic mass is 16.5. The van der Waals surface area contributed by atoms with Crippen molar-refractivity contribution in [3.8, 4) is 0 Å². The van der Waals surface area contributed by atoms with Crippen LogP contribution in [0, 0.1) is 0 Å². The molecule has 0 radical (unpaired) electrons. The number of hydrogen-bond donors (Lipinski definition) is 0. The second kappa shape index (κ2) is 7.74. The highest BCUT2D eigenvalue weighted by molar-refractivity contribution is 6.02. The van der Waals surface area contributed by atoms with Crippen LogP contribution in [0.25, 0.3) is 17.1 Å². The van der Waals surface area contributed by atoms with Crippen LogP contribution in [-0.2, 0) is 18.3 Å². The summed E-state index contributed by atoms with van der Waals surface area (Å²) in [5.41, 5.74) is 1.82. The maximum absolute atomic E-state index is 13.3. The van der Waals surface area contributed by atoms with E-state index in [0.29, 0.717) is 0 Å². The third kappa shape index (κ3) is 3.47. The number of carbonyl (C=O) groups is 1. The van der Waals surface area contributed by atoms with Crippen molar-refractivity contribution in [2.45, 2.75) is 32.2 Å². The molecule has 1 fully saturated rings. The monoisotopic (exact) mass is 405 g/mol. The second-order valence-electron chi connectivity index (χ2n) is 7.47. The lowest BCUT2D eigenvalue weighted by atomic mass is 10.1. The van der Waals surface area contributed by atoms with Crippen molar-refractivity contribution < 1.29 is 9.53 Å². The first-order valence-corrected chi connectivity index (χ1v) is 9.97. The molecule has 3 aromatic rings. The summed E-state index contributed by atoms with van der Waals surface area (Å²) >= 11 is 0. The summed E-state index contributed by atoms with van der Waals surface area (Å²) in [6, 6.07) is 9.06. The number of carbonyl (C=O) groups excluding carboxylic acids is 1. The number of rotatable bonds is 6. The van der Waals surface area contributed by atoms with Crippen LogP contribution in [0.15, 0.2) is 46.5 Å². The van der Waals surface area contributed by atoms with E-state index in [1.54, 1.807) is 26.1 Å². The zero-order valence-electron chi connectivity index (χ0n) is 17.1. The summed E-state index contributed by atoms with van der Waals surface area (Å²) in [6.07, 6.45) is 3.68. The van der Waals surface area contributed by atoms with Gasteiger partial charge in [0.2, 0.25) is 0 Å². The molecule has 1 aliphatic rings. The third-order valence-electron chi connectivity index (χ3n) is 5.36. The molecule has 1 aromatic carbocycles. The maximum atomic E-state index is 13.3. The summed E-state index contributed by atoms with van der Waals surface area (Å²) in [5.74, 6) is -0.326. The molecular formula is C23H23N3O4. The second-order valence-corrected chi connectivity index (χ2v) is 7.47. The van der Waals surface area contributed by atoms with E-state index < -0.39 is 17.2 Å². The minimum Gasteiger partial charge on any atom is -0.462 e. The Morgan fingerprint density at radius 3 is 2.57 bits per heavy atom. The van der Waals surface area contributed by atoms with Crippen molar-refractivity contribution in [3.63, 3.8) is 0 Å². The Hall–Kier alpha value is -3.48. The summed E-state index contributed by atoms with van der Waals surface area (Å²) < 4.78 is 7.66. The summed E-state index contributed by atoms with van der Waals surface area (Å²) in [7, 11) is 1.57. The molecule has 0 aliphatic heterocycles. The number of benzene rings is 1. The van der Waals surface area contributed by atoms with Gasteiger partial charge in [0, 0.05) is 18.7 Å². The average Bonchev–Trinajstić information content (AvgIpc) is 3.60. The van der Waals surface area contributed by atoms with Crippen LogP contribution in [0.3, 0.4) is 0 Å². The number of fused-ring (bicyclic) bond motifs is 1. The van der Waals surface area contributed by atoms with Crippen LogP contribution >= 0.6 is 0 Å². The van der Waals surface area contributed by atoms with Crippen molar-refractivity contribution in [1.29, 1.82) is 0 Å². The van der Waals surface area contributed by atoms with Crippen molar-refractivity contribution in [3.05, 3.63) is 80.1 Å². The van der Waals surface area contributed by atoms with Gasteiger partial charge in [-0.2, -0.15) is 0 Å². The minimum absolute atomic E-state index is 0.0888. The van der Waals surface area contributed by atoms with E-state index in [1.165, 1.54) is 4.57 Å². The summed E-state index contributed by atoms with van der Waals surface area (Å²) in [6.45, 7) is 5.72. The Morgan fingerprint density at radius 2 is 1.97 bits per heavy atom. The van der Waals surface area contributed by atoms with Gasteiger partial charge >= 0.3 is 11.7 Å². The molecule has 0 unspecified atom stereocenters. The van der Waals surface area contributed by atoms with Crippen molar-refractivity contribution >= 4 is 23.1 Å². The minimum atomic E-state index is -0.579. The van der Waals surface area contributed by atoms with Gasteiger partial charge in [0.05, 0.1) is 24.1 Å². The fraction of sp³-hybridized carbons (Fsp3) is 0.304. The first-order chi connectivity index (χ1) is 14.4. The predicted molar refractivity (Wildman–Crippen MR) is 115 cm³/mol.